The number of likely N-dealkylation sites (tertiary alicyclic amines) is 2. The van der Waals surface area contributed by atoms with Crippen molar-refractivity contribution in [3.05, 3.63) is 40.5 Å². The van der Waals surface area contributed by atoms with Gasteiger partial charge in [-0.15, -0.1) is 0 Å². The van der Waals surface area contributed by atoms with Gasteiger partial charge in [0.05, 0.1) is 11.1 Å². The van der Waals surface area contributed by atoms with Gasteiger partial charge in [0.15, 0.2) is 0 Å². The van der Waals surface area contributed by atoms with Crippen molar-refractivity contribution in [1.82, 2.24) is 14.8 Å². The Bertz CT molecular complexity index is 832. The molecule has 2 aliphatic rings. The molecule has 0 spiro atoms. The second kappa shape index (κ2) is 8.15. The van der Waals surface area contributed by atoms with Crippen LogP contribution in [0.5, 0.6) is 0 Å². The number of fused-ring (bicyclic) bond motifs is 1. The highest BCUT2D eigenvalue weighted by atomic mass is 35.5. The maximum atomic E-state index is 13.6. The molecule has 1 atom stereocenters. The highest BCUT2D eigenvalue weighted by Crippen LogP contribution is 2.27. The number of rotatable bonds is 3. The van der Waals surface area contributed by atoms with Gasteiger partial charge in [0.2, 0.25) is 0 Å². The van der Waals surface area contributed by atoms with Crippen molar-refractivity contribution in [2.75, 3.05) is 26.2 Å². The summed E-state index contributed by atoms with van der Waals surface area (Å²) in [6.45, 7) is 6.22. The van der Waals surface area contributed by atoms with Crippen LogP contribution in [-0.2, 0) is 0 Å². The van der Waals surface area contributed by atoms with Crippen molar-refractivity contribution in [2.45, 2.75) is 51.5 Å². The SMILES string of the molecule is Cc1ccc2nc(Cl)cc(C(=O)N3CCCC[C@H]3CN3CCCCC3)c2c1. The van der Waals surface area contributed by atoms with E-state index in [4.69, 9.17) is 11.6 Å². The summed E-state index contributed by atoms with van der Waals surface area (Å²) in [5.74, 6) is 0.108. The number of benzene rings is 1. The fourth-order valence-electron chi connectivity index (χ4n) is 4.54. The molecule has 144 valence electrons. The van der Waals surface area contributed by atoms with Gasteiger partial charge in [-0.1, -0.05) is 29.7 Å². The van der Waals surface area contributed by atoms with Gasteiger partial charge in [-0.05, 0) is 70.3 Å². The Morgan fingerprint density at radius 2 is 1.89 bits per heavy atom. The number of hydrogen-bond acceptors (Lipinski definition) is 3. The summed E-state index contributed by atoms with van der Waals surface area (Å²) in [6.07, 6.45) is 7.29. The fourth-order valence-corrected chi connectivity index (χ4v) is 4.74. The first kappa shape index (κ1) is 18.7. The molecule has 1 aromatic heterocycles. The Morgan fingerprint density at radius 3 is 2.70 bits per heavy atom. The number of carbonyl (C=O) groups excluding carboxylic acids is 1. The van der Waals surface area contributed by atoms with E-state index in [0.29, 0.717) is 16.8 Å². The molecule has 2 fully saturated rings. The maximum absolute atomic E-state index is 13.6. The van der Waals surface area contributed by atoms with Crippen LogP contribution >= 0.6 is 11.6 Å². The minimum atomic E-state index is 0.108. The van der Waals surface area contributed by atoms with Crippen LogP contribution in [0.25, 0.3) is 10.9 Å². The molecule has 2 saturated heterocycles. The average Bonchev–Trinajstić information content (AvgIpc) is 2.68. The third-order valence-corrected chi connectivity index (χ3v) is 6.16. The minimum Gasteiger partial charge on any atom is -0.334 e. The van der Waals surface area contributed by atoms with Crippen molar-refractivity contribution in [3.63, 3.8) is 0 Å². The number of pyridine rings is 1. The van der Waals surface area contributed by atoms with Crippen LogP contribution in [-0.4, -0.2) is 52.9 Å². The van der Waals surface area contributed by atoms with Crippen molar-refractivity contribution in [1.29, 1.82) is 0 Å². The van der Waals surface area contributed by atoms with Gasteiger partial charge in [0.25, 0.3) is 5.91 Å². The molecule has 2 aromatic rings. The lowest BCUT2D eigenvalue weighted by Crippen LogP contribution is -2.50. The zero-order valence-corrected chi connectivity index (χ0v) is 16.8. The predicted molar refractivity (Wildman–Crippen MR) is 110 cm³/mol. The highest BCUT2D eigenvalue weighted by molar-refractivity contribution is 6.30. The van der Waals surface area contributed by atoms with Crippen LogP contribution < -0.4 is 0 Å². The van der Waals surface area contributed by atoms with E-state index in [9.17, 15) is 4.79 Å². The van der Waals surface area contributed by atoms with Gasteiger partial charge in [-0.3, -0.25) is 4.79 Å². The number of piperidine rings is 2. The molecule has 0 saturated carbocycles. The summed E-state index contributed by atoms with van der Waals surface area (Å²) in [5, 5.41) is 1.30. The zero-order valence-electron chi connectivity index (χ0n) is 16.1. The van der Waals surface area contributed by atoms with Crippen LogP contribution in [0.3, 0.4) is 0 Å². The third-order valence-electron chi connectivity index (χ3n) is 5.97. The van der Waals surface area contributed by atoms with E-state index in [1.54, 1.807) is 6.07 Å². The number of carbonyl (C=O) groups is 1. The first-order valence-corrected chi connectivity index (χ1v) is 10.6. The Balaban J connectivity index is 1.63. The van der Waals surface area contributed by atoms with E-state index in [2.05, 4.69) is 20.9 Å². The van der Waals surface area contributed by atoms with Gasteiger partial charge >= 0.3 is 0 Å². The summed E-state index contributed by atoms with van der Waals surface area (Å²) < 4.78 is 0. The quantitative estimate of drug-likeness (QED) is 0.720. The summed E-state index contributed by atoms with van der Waals surface area (Å²) in [6, 6.07) is 8.07. The number of amides is 1. The standard InChI is InChI=1S/C22H28ClN3O/c1-16-8-9-20-18(13-16)19(14-21(23)24-20)22(27)26-12-6-3-7-17(26)15-25-10-4-2-5-11-25/h8-9,13-14,17H,2-7,10-12,15H2,1H3/t17-/m0/s1. The minimum absolute atomic E-state index is 0.108. The van der Waals surface area contributed by atoms with E-state index in [0.717, 1.165) is 42.4 Å². The molecule has 4 rings (SSSR count). The fraction of sp³-hybridized carbons (Fsp3) is 0.545. The lowest BCUT2D eigenvalue weighted by Gasteiger charge is -2.40. The predicted octanol–water partition coefficient (Wildman–Crippen LogP) is 4.68. The molecule has 1 amide bonds. The van der Waals surface area contributed by atoms with E-state index in [1.165, 1.54) is 38.8 Å². The van der Waals surface area contributed by atoms with Crippen molar-refractivity contribution in [2.24, 2.45) is 0 Å². The molecule has 27 heavy (non-hydrogen) atoms. The molecule has 3 heterocycles. The highest BCUT2D eigenvalue weighted by Gasteiger charge is 2.30. The summed E-state index contributed by atoms with van der Waals surface area (Å²) in [5.41, 5.74) is 2.62. The summed E-state index contributed by atoms with van der Waals surface area (Å²) >= 11 is 6.25. The van der Waals surface area contributed by atoms with E-state index >= 15 is 0 Å². The second-order valence-corrected chi connectivity index (χ2v) is 8.41. The van der Waals surface area contributed by atoms with Crippen LogP contribution in [0.2, 0.25) is 5.15 Å². The van der Waals surface area contributed by atoms with Crippen LogP contribution in [0.1, 0.15) is 54.4 Å². The zero-order chi connectivity index (χ0) is 18.8. The maximum Gasteiger partial charge on any atom is 0.254 e. The molecule has 0 unspecified atom stereocenters. The smallest absolute Gasteiger partial charge is 0.254 e. The lowest BCUT2D eigenvalue weighted by atomic mass is 9.98. The van der Waals surface area contributed by atoms with Gasteiger partial charge in [0, 0.05) is 24.5 Å². The average molecular weight is 386 g/mol. The number of aryl methyl sites for hydroxylation is 1. The Kier molecular flexibility index (Phi) is 5.65. The molecular weight excluding hydrogens is 358 g/mol. The topological polar surface area (TPSA) is 36.4 Å². The first-order valence-electron chi connectivity index (χ1n) is 10.2. The molecule has 5 heteroatoms. The van der Waals surface area contributed by atoms with Gasteiger partial charge < -0.3 is 9.80 Å². The van der Waals surface area contributed by atoms with Gasteiger partial charge in [-0.25, -0.2) is 4.98 Å². The largest absolute Gasteiger partial charge is 0.334 e. The first-order chi connectivity index (χ1) is 13.1. The second-order valence-electron chi connectivity index (χ2n) is 8.02. The van der Waals surface area contributed by atoms with Gasteiger partial charge in [0.1, 0.15) is 5.15 Å². The van der Waals surface area contributed by atoms with E-state index < -0.39 is 0 Å². The monoisotopic (exact) mass is 385 g/mol. The van der Waals surface area contributed by atoms with E-state index in [1.807, 2.05) is 19.1 Å². The normalized spacial score (nSPS) is 21.6. The molecule has 0 N–H and O–H groups in total. The summed E-state index contributed by atoms with van der Waals surface area (Å²) in [4.78, 5) is 22.6. The van der Waals surface area contributed by atoms with Crippen molar-refractivity contribution in [3.8, 4) is 0 Å². The Hall–Kier alpha value is -1.65. The van der Waals surface area contributed by atoms with Gasteiger partial charge in [-0.2, -0.15) is 0 Å². The molecule has 2 aliphatic heterocycles. The Morgan fingerprint density at radius 1 is 1.11 bits per heavy atom. The van der Waals surface area contributed by atoms with Crippen molar-refractivity contribution >= 4 is 28.4 Å². The van der Waals surface area contributed by atoms with Crippen LogP contribution in [0.15, 0.2) is 24.3 Å². The number of aromatic nitrogens is 1. The van der Waals surface area contributed by atoms with Crippen molar-refractivity contribution < 1.29 is 4.79 Å². The number of hydrogen-bond donors (Lipinski definition) is 0. The lowest BCUT2D eigenvalue weighted by molar-refractivity contribution is 0.0531. The third kappa shape index (κ3) is 4.12. The van der Waals surface area contributed by atoms with Crippen LogP contribution in [0.4, 0.5) is 0 Å². The molecule has 4 nitrogen and oxygen atoms in total. The molecular formula is C22H28ClN3O. The van der Waals surface area contributed by atoms with Crippen LogP contribution in [0, 0.1) is 6.92 Å². The number of halogens is 1. The number of nitrogens with zero attached hydrogens (tertiary/aromatic N) is 3. The molecule has 0 radical (unpaired) electrons. The Labute approximate surface area is 166 Å². The molecule has 0 bridgehead atoms. The molecule has 1 aromatic carbocycles. The summed E-state index contributed by atoms with van der Waals surface area (Å²) in [7, 11) is 0. The van der Waals surface area contributed by atoms with E-state index in [-0.39, 0.29) is 5.91 Å². The molecule has 0 aliphatic carbocycles.